The zero-order valence-electron chi connectivity index (χ0n) is 13.1. The lowest BCUT2D eigenvalue weighted by atomic mass is 9.95. The van der Waals surface area contributed by atoms with E-state index in [1.54, 1.807) is 7.11 Å². The molecule has 0 spiro atoms. The Kier molecular flexibility index (Phi) is 5.22. The SMILES string of the molecule is COC[C@@H]1CNCCN1C(c1ccccc1)c1ccccc1. The number of methoxy groups -OCH3 is 1. The molecule has 0 unspecified atom stereocenters. The Balaban J connectivity index is 1.97. The topological polar surface area (TPSA) is 24.5 Å². The van der Waals surface area contributed by atoms with Gasteiger partial charge in [0.05, 0.1) is 12.6 Å². The monoisotopic (exact) mass is 296 g/mol. The van der Waals surface area contributed by atoms with Crippen LogP contribution in [0, 0.1) is 0 Å². The molecule has 2 aromatic rings. The van der Waals surface area contributed by atoms with Gasteiger partial charge >= 0.3 is 0 Å². The molecular weight excluding hydrogens is 272 g/mol. The van der Waals surface area contributed by atoms with E-state index in [0.29, 0.717) is 6.04 Å². The minimum atomic E-state index is 0.282. The molecule has 0 aromatic heterocycles. The van der Waals surface area contributed by atoms with Crippen LogP contribution in [0.3, 0.4) is 0 Å². The normalized spacial score (nSPS) is 19.5. The third-order valence-electron chi connectivity index (χ3n) is 4.32. The van der Waals surface area contributed by atoms with Crippen molar-refractivity contribution in [1.82, 2.24) is 10.2 Å². The summed E-state index contributed by atoms with van der Waals surface area (Å²) in [6.07, 6.45) is 0. The highest BCUT2D eigenvalue weighted by molar-refractivity contribution is 5.32. The van der Waals surface area contributed by atoms with Crippen molar-refractivity contribution in [2.24, 2.45) is 0 Å². The van der Waals surface area contributed by atoms with Gasteiger partial charge in [-0.25, -0.2) is 0 Å². The minimum absolute atomic E-state index is 0.282. The Morgan fingerprint density at radius 2 is 1.64 bits per heavy atom. The highest BCUT2D eigenvalue weighted by atomic mass is 16.5. The van der Waals surface area contributed by atoms with Crippen LogP contribution in [0.2, 0.25) is 0 Å². The van der Waals surface area contributed by atoms with Crippen LogP contribution in [0.1, 0.15) is 17.2 Å². The number of hydrogen-bond donors (Lipinski definition) is 1. The lowest BCUT2D eigenvalue weighted by Gasteiger charge is -2.41. The van der Waals surface area contributed by atoms with Crippen molar-refractivity contribution in [2.45, 2.75) is 12.1 Å². The second-order valence-corrected chi connectivity index (χ2v) is 5.78. The maximum atomic E-state index is 5.45. The van der Waals surface area contributed by atoms with E-state index in [1.165, 1.54) is 11.1 Å². The molecule has 0 aliphatic carbocycles. The van der Waals surface area contributed by atoms with Gasteiger partial charge in [-0.3, -0.25) is 4.90 Å². The van der Waals surface area contributed by atoms with Gasteiger partial charge in [0.25, 0.3) is 0 Å². The van der Waals surface area contributed by atoms with Gasteiger partial charge in [0.2, 0.25) is 0 Å². The second kappa shape index (κ2) is 7.54. The number of ether oxygens (including phenoxy) is 1. The molecule has 0 bridgehead atoms. The van der Waals surface area contributed by atoms with E-state index in [0.717, 1.165) is 26.2 Å². The number of benzene rings is 2. The van der Waals surface area contributed by atoms with E-state index < -0.39 is 0 Å². The fourth-order valence-corrected chi connectivity index (χ4v) is 3.31. The summed E-state index contributed by atoms with van der Waals surface area (Å²) in [5, 5.41) is 3.49. The molecule has 3 rings (SSSR count). The molecule has 1 aliphatic rings. The van der Waals surface area contributed by atoms with Gasteiger partial charge in [0.15, 0.2) is 0 Å². The summed E-state index contributed by atoms with van der Waals surface area (Å²) in [5.41, 5.74) is 2.69. The van der Waals surface area contributed by atoms with Gasteiger partial charge in [0, 0.05) is 32.8 Å². The van der Waals surface area contributed by atoms with Gasteiger partial charge < -0.3 is 10.1 Å². The molecule has 22 heavy (non-hydrogen) atoms. The first-order valence-electron chi connectivity index (χ1n) is 7.95. The zero-order chi connectivity index (χ0) is 15.2. The van der Waals surface area contributed by atoms with Crippen LogP contribution in [0.25, 0.3) is 0 Å². The molecule has 1 atom stereocenters. The lowest BCUT2D eigenvalue weighted by Crippen LogP contribution is -2.54. The van der Waals surface area contributed by atoms with Crippen molar-refractivity contribution >= 4 is 0 Å². The molecule has 1 heterocycles. The first kappa shape index (κ1) is 15.2. The van der Waals surface area contributed by atoms with Gasteiger partial charge in [-0.15, -0.1) is 0 Å². The third-order valence-corrected chi connectivity index (χ3v) is 4.32. The van der Waals surface area contributed by atoms with Crippen LogP contribution in [0.15, 0.2) is 60.7 Å². The summed E-state index contributed by atoms with van der Waals surface area (Å²) in [4.78, 5) is 2.57. The van der Waals surface area contributed by atoms with E-state index in [9.17, 15) is 0 Å². The van der Waals surface area contributed by atoms with E-state index >= 15 is 0 Å². The molecular formula is C19H24N2O. The zero-order valence-corrected chi connectivity index (χ0v) is 13.1. The minimum Gasteiger partial charge on any atom is -0.383 e. The van der Waals surface area contributed by atoms with Crippen molar-refractivity contribution in [3.8, 4) is 0 Å². The maximum absolute atomic E-state index is 5.45. The van der Waals surface area contributed by atoms with Crippen molar-refractivity contribution in [1.29, 1.82) is 0 Å². The van der Waals surface area contributed by atoms with E-state index in [4.69, 9.17) is 4.74 Å². The third kappa shape index (κ3) is 3.38. The number of rotatable bonds is 5. The Morgan fingerprint density at radius 3 is 2.18 bits per heavy atom. The summed E-state index contributed by atoms with van der Waals surface area (Å²) in [6, 6.07) is 22.2. The molecule has 116 valence electrons. The molecule has 1 aliphatic heterocycles. The molecule has 2 aromatic carbocycles. The molecule has 1 N–H and O–H groups in total. The Hall–Kier alpha value is -1.68. The number of nitrogens with zero attached hydrogens (tertiary/aromatic N) is 1. The predicted octanol–water partition coefficient (Wildman–Crippen LogP) is 2.70. The first-order chi connectivity index (χ1) is 10.9. The first-order valence-corrected chi connectivity index (χ1v) is 7.95. The van der Waals surface area contributed by atoms with Gasteiger partial charge in [0.1, 0.15) is 0 Å². The number of hydrogen-bond acceptors (Lipinski definition) is 3. The van der Waals surface area contributed by atoms with Crippen LogP contribution < -0.4 is 5.32 Å². The Morgan fingerprint density at radius 1 is 1.05 bits per heavy atom. The van der Waals surface area contributed by atoms with Crippen molar-refractivity contribution in [3.05, 3.63) is 71.8 Å². The summed E-state index contributed by atoms with van der Waals surface area (Å²) < 4.78 is 5.45. The standard InChI is InChI=1S/C19H24N2O/c1-22-15-18-14-20-12-13-21(18)19(16-8-4-2-5-9-16)17-10-6-3-7-11-17/h2-11,18-20H,12-15H2,1H3/t18-/m0/s1. The molecule has 3 heteroatoms. The molecule has 0 amide bonds. The number of piperazine rings is 1. The van der Waals surface area contributed by atoms with E-state index in [1.807, 2.05) is 0 Å². The second-order valence-electron chi connectivity index (χ2n) is 5.78. The Bertz CT molecular complexity index is 517. The largest absolute Gasteiger partial charge is 0.383 e. The van der Waals surface area contributed by atoms with E-state index in [2.05, 4.69) is 70.9 Å². The molecule has 0 radical (unpaired) electrons. The van der Waals surface area contributed by atoms with Crippen LogP contribution >= 0.6 is 0 Å². The predicted molar refractivity (Wildman–Crippen MR) is 90.0 cm³/mol. The summed E-state index contributed by atoms with van der Waals surface area (Å²) in [5.74, 6) is 0. The highest BCUT2D eigenvalue weighted by Crippen LogP contribution is 2.30. The van der Waals surface area contributed by atoms with Crippen molar-refractivity contribution in [2.75, 3.05) is 33.4 Å². The van der Waals surface area contributed by atoms with Crippen LogP contribution in [-0.4, -0.2) is 44.3 Å². The summed E-state index contributed by atoms with van der Waals surface area (Å²) >= 11 is 0. The van der Waals surface area contributed by atoms with Crippen molar-refractivity contribution in [3.63, 3.8) is 0 Å². The lowest BCUT2D eigenvalue weighted by molar-refractivity contribution is 0.0543. The average Bonchev–Trinajstić information content (AvgIpc) is 2.59. The van der Waals surface area contributed by atoms with Crippen LogP contribution in [0.5, 0.6) is 0 Å². The average molecular weight is 296 g/mol. The molecule has 1 saturated heterocycles. The smallest absolute Gasteiger partial charge is 0.0630 e. The summed E-state index contributed by atoms with van der Waals surface area (Å²) in [6.45, 7) is 3.78. The van der Waals surface area contributed by atoms with Gasteiger partial charge in [-0.05, 0) is 11.1 Å². The molecule has 1 fully saturated rings. The fraction of sp³-hybridized carbons (Fsp3) is 0.368. The van der Waals surface area contributed by atoms with Gasteiger partial charge in [-0.1, -0.05) is 60.7 Å². The van der Waals surface area contributed by atoms with Gasteiger partial charge in [-0.2, -0.15) is 0 Å². The number of nitrogens with one attached hydrogen (secondary N) is 1. The quantitative estimate of drug-likeness (QED) is 0.918. The maximum Gasteiger partial charge on any atom is 0.0630 e. The van der Waals surface area contributed by atoms with Crippen LogP contribution in [-0.2, 0) is 4.74 Å². The Labute approximate surface area is 132 Å². The fourth-order valence-electron chi connectivity index (χ4n) is 3.31. The van der Waals surface area contributed by atoms with Crippen LogP contribution in [0.4, 0.5) is 0 Å². The van der Waals surface area contributed by atoms with E-state index in [-0.39, 0.29) is 6.04 Å². The highest BCUT2D eigenvalue weighted by Gasteiger charge is 2.30. The summed E-state index contributed by atoms with van der Waals surface area (Å²) in [7, 11) is 1.78. The van der Waals surface area contributed by atoms with Crippen molar-refractivity contribution < 1.29 is 4.74 Å². The molecule has 0 saturated carbocycles. The molecule has 3 nitrogen and oxygen atoms in total.